The molecule has 0 unspecified atom stereocenters. The van der Waals surface area contributed by atoms with Crippen LogP contribution in [0.25, 0.3) is 0 Å². The molecule has 0 atom stereocenters. The summed E-state index contributed by atoms with van der Waals surface area (Å²) >= 11 is 0. The van der Waals surface area contributed by atoms with E-state index in [0.29, 0.717) is 12.0 Å². The summed E-state index contributed by atoms with van der Waals surface area (Å²) in [6.45, 7) is 4.14. The highest BCUT2D eigenvalue weighted by molar-refractivity contribution is 6.05. The average Bonchev–Trinajstić information content (AvgIpc) is 2.66. The molecule has 0 heterocycles. The minimum absolute atomic E-state index is 0.00510. The van der Waals surface area contributed by atoms with E-state index in [2.05, 4.69) is 0 Å². The number of aliphatic hydroxyl groups is 1. The molecule has 0 radical (unpaired) electrons. The summed E-state index contributed by atoms with van der Waals surface area (Å²) in [4.78, 5) is 47.1. The maximum Gasteiger partial charge on any atom is 0.339 e. The van der Waals surface area contributed by atoms with Crippen molar-refractivity contribution in [1.29, 1.82) is 0 Å². The Hall–Kier alpha value is -3.32. The molecule has 0 aliphatic carbocycles. The predicted molar refractivity (Wildman–Crippen MR) is 104 cm³/mol. The van der Waals surface area contributed by atoms with E-state index in [9.17, 15) is 29.4 Å². The summed E-state index contributed by atoms with van der Waals surface area (Å²) in [6, 6.07) is 10.3. The van der Waals surface area contributed by atoms with Crippen LogP contribution in [0.2, 0.25) is 0 Å². The van der Waals surface area contributed by atoms with Crippen LogP contribution in [0.15, 0.2) is 42.5 Å². The number of rotatable bonds is 8. The van der Waals surface area contributed by atoms with E-state index < -0.39 is 23.3 Å². The van der Waals surface area contributed by atoms with Crippen molar-refractivity contribution in [3.05, 3.63) is 70.3 Å². The fourth-order valence-electron chi connectivity index (χ4n) is 2.63. The van der Waals surface area contributed by atoms with E-state index in [4.69, 9.17) is 4.74 Å². The second-order valence-electron chi connectivity index (χ2n) is 7.09. The third-order valence-electron chi connectivity index (χ3n) is 4.27. The quantitative estimate of drug-likeness (QED) is 0.518. The molecule has 0 amide bonds. The van der Waals surface area contributed by atoms with Crippen LogP contribution in [0.4, 0.5) is 0 Å². The molecule has 152 valence electrons. The zero-order valence-electron chi connectivity index (χ0n) is 16.4. The van der Waals surface area contributed by atoms with Crippen molar-refractivity contribution in [3.8, 4) is 0 Å². The standard InChI is InChI=1S/C22H22O7/c1-13(23)16-8-9-17(18(12-16)20(25)26)21(27)29-11-10-14-4-6-15(7-5-14)19(24)22(2,3)28/h4-9,12,28H,10-11H2,1-3H3,(H,25,26). The molecule has 0 aliphatic heterocycles. The number of esters is 1. The molecule has 0 saturated carbocycles. The SMILES string of the molecule is CC(=O)c1ccc(C(=O)OCCc2ccc(C(=O)C(C)(C)O)cc2)c(C(=O)O)c1. The number of carboxylic acid groups (broad SMARTS) is 1. The first kappa shape index (κ1) is 22.0. The zero-order valence-corrected chi connectivity index (χ0v) is 16.4. The van der Waals surface area contributed by atoms with Gasteiger partial charge in [-0.05, 0) is 38.5 Å². The summed E-state index contributed by atoms with van der Waals surface area (Å²) in [5.41, 5.74) is -0.521. The molecule has 2 rings (SSSR count). The van der Waals surface area contributed by atoms with Crippen molar-refractivity contribution in [3.63, 3.8) is 0 Å². The van der Waals surface area contributed by atoms with Gasteiger partial charge in [0.05, 0.1) is 17.7 Å². The van der Waals surface area contributed by atoms with Crippen LogP contribution < -0.4 is 0 Å². The summed E-state index contributed by atoms with van der Waals surface area (Å²) in [7, 11) is 0. The van der Waals surface area contributed by atoms with Gasteiger partial charge in [0.2, 0.25) is 0 Å². The van der Waals surface area contributed by atoms with E-state index in [-0.39, 0.29) is 29.1 Å². The molecular weight excluding hydrogens is 376 g/mol. The lowest BCUT2D eigenvalue weighted by atomic mass is 9.96. The molecule has 2 aromatic carbocycles. The van der Waals surface area contributed by atoms with Crippen LogP contribution in [-0.2, 0) is 11.2 Å². The second-order valence-corrected chi connectivity index (χ2v) is 7.09. The monoisotopic (exact) mass is 398 g/mol. The maximum absolute atomic E-state index is 12.3. The fourth-order valence-corrected chi connectivity index (χ4v) is 2.63. The Morgan fingerprint density at radius 1 is 0.931 bits per heavy atom. The molecule has 0 fully saturated rings. The van der Waals surface area contributed by atoms with Gasteiger partial charge in [0.25, 0.3) is 0 Å². The van der Waals surface area contributed by atoms with Crippen LogP contribution in [0.5, 0.6) is 0 Å². The highest BCUT2D eigenvalue weighted by Crippen LogP contribution is 2.16. The Labute approximate surface area is 167 Å². The van der Waals surface area contributed by atoms with Gasteiger partial charge in [-0.2, -0.15) is 0 Å². The zero-order chi connectivity index (χ0) is 21.8. The minimum atomic E-state index is -1.46. The molecular formula is C22H22O7. The number of ether oxygens (including phenoxy) is 1. The van der Waals surface area contributed by atoms with Crippen molar-refractivity contribution in [1.82, 2.24) is 0 Å². The maximum atomic E-state index is 12.3. The topological polar surface area (TPSA) is 118 Å². The number of carbonyl (C=O) groups excluding carboxylic acids is 3. The predicted octanol–water partition coefficient (Wildman–Crippen LogP) is 2.94. The summed E-state index contributed by atoms with van der Waals surface area (Å²) in [5.74, 6) is -2.83. The molecule has 0 bridgehead atoms. The van der Waals surface area contributed by atoms with Gasteiger partial charge < -0.3 is 14.9 Å². The lowest BCUT2D eigenvalue weighted by Crippen LogP contribution is -2.31. The lowest BCUT2D eigenvalue weighted by molar-refractivity contribution is 0.0488. The Balaban J connectivity index is 2.02. The number of Topliss-reactive ketones (excluding diaryl/α,β-unsaturated/α-hetero) is 2. The van der Waals surface area contributed by atoms with Crippen molar-refractivity contribution >= 4 is 23.5 Å². The van der Waals surface area contributed by atoms with Crippen LogP contribution in [0.3, 0.4) is 0 Å². The van der Waals surface area contributed by atoms with Gasteiger partial charge in [-0.25, -0.2) is 9.59 Å². The van der Waals surface area contributed by atoms with Gasteiger partial charge >= 0.3 is 11.9 Å². The molecule has 29 heavy (non-hydrogen) atoms. The van der Waals surface area contributed by atoms with Gasteiger partial charge in [-0.1, -0.05) is 30.3 Å². The van der Waals surface area contributed by atoms with Gasteiger partial charge in [-0.3, -0.25) is 9.59 Å². The highest BCUT2D eigenvalue weighted by Gasteiger charge is 2.25. The second kappa shape index (κ2) is 8.79. The summed E-state index contributed by atoms with van der Waals surface area (Å²) in [5, 5.41) is 19.0. The van der Waals surface area contributed by atoms with Gasteiger partial charge in [0.1, 0.15) is 5.60 Å². The number of ketones is 2. The largest absolute Gasteiger partial charge is 0.478 e. The average molecular weight is 398 g/mol. The van der Waals surface area contributed by atoms with Gasteiger partial charge in [0, 0.05) is 17.5 Å². The summed E-state index contributed by atoms with van der Waals surface area (Å²) < 4.78 is 5.16. The number of hydrogen-bond donors (Lipinski definition) is 2. The normalized spacial score (nSPS) is 11.0. The van der Waals surface area contributed by atoms with Gasteiger partial charge in [-0.15, -0.1) is 0 Å². The van der Waals surface area contributed by atoms with Crippen molar-refractivity contribution in [2.45, 2.75) is 32.8 Å². The van der Waals surface area contributed by atoms with Crippen LogP contribution in [0, 0.1) is 0 Å². The fraction of sp³-hybridized carbons (Fsp3) is 0.273. The van der Waals surface area contributed by atoms with E-state index in [1.807, 2.05) is 0 Å². The third-order valence-corrected chi connectivity index (χ3v) is 4.27. The first-order valence-corrected chi connectivity index (χ1v) is 8.92. The first-order valence-electron chi connectivity index (χ1n) is 8.92. The number of carbonyl (C=O) groups is 4. The van der Waals surface area contributed by atoms with E-state index in [0.717, 1.165) is 11.6 Å². The Kier molecular flexibility index (Phi) is 6.66. The first-order chi connectivity index (χ1) is 13.5. The van der Waals surface area contributed by atoms with Crippen LogP contribution >= 0.6 is 0 Å². The molecule has 0 aromatic heterocycles. The summed E-state index contributed by atoms with van der Waals surface area (Å²) in [6.07, 6.45) is 0.358. The third kappa shape index (κ3) is 5.58. The molecule has 2 N–H and O–H groups in total. The molecule has 2 aromatic rings. The minimum Gasteiger partial charge on any atom is -0.478 e. The van der Waals surface area contributed by atoms with E-state index in [1.54, 1.807) is 24.3 Å². The molecule has 0 saturated heterocycles. The van der Waals surface area contributed by atoms with Crippen molar-refractivity contribution in [2.75, 3.05) is 6.61 Å². The van der Waals surface area contributed by atoms with E-state index >= 15 is 0 Å². The highest BCUT2D eigenvalue weighted by atomic mass is 16.5. The smallest absolute Gasteiger partial charge is 0.339 e. The van der Waals surface area contributed by atoms with Crippen LogP contribution in [-0.4, -0.2) is 45.9 Å². The van der Waals surface area contributed by atoms with E-state index in [1.165, 1.54) is 32.9 Å². The number of carboxylic acids is 1. The van der Waals surface area contributed by atoms with Gasteiger partial charge in [0.15, 0.2) is 11.6 Å². The molecule has 0 spiro atoms. The number of benzene rings is 2. The van der Waals surface area contributed by atoms with Crippen LogP contribution in [0.1, 0.15) is 67.8 Å². The molecule has 0 aliphatic rings. The lowest BCUT2D eigenvalue weighted by Gasteiger charge is -2.15. The van der Waals surface area contributed by atoms with Crippen molar-refractivity contribution < 1.29 is 34.1 Å². The Morgan fingerprint density at radius 2 is 1.52 bits per heavy atom. The Morgan fingerprint density at radius 3 is 2.03 bits per heavy atom. The Bertz CT molecular complexity index is 950. The number of hydrogen-bond acceptors (Lipinski definition) is 6. The molecule has 7 heteroatoms. The number of aromatic carboxylic acids is 1. The van der Waals surface area contributed by atoms with Crippen molar-refractivity contribution in [2.24, 2.45) is 0 Å². The molecule has 7 nitrogen and oxygen atoms in total.